The highest BCUT2D eigenvalue weighted by Gasteiger charge is 2.32. The summed E-state index contributed by atoms with van der Waals surface area (Å²) in [7, 11) is -0.960. The summed E-state index contributed by atoms with van der Waals surface area (Å²) in [5, 5.41) is 0. The van der Waals surface area contributed by atoms with E-state index in [9.17, 15) is 4.21 Å². The van der Waals surface area contributed by atoms with Crippen LogP contribution >= 0.6 is 0 Å². The molecule has 20 heavy (non-hydrogen) atoms. The smallest absolute Gasteiger partial charge is 0.157 e. The zero-order chi connectivity index (χ0) is 14.6. The van der Waals surface area contributed by atoms with Crippen LogP contribution in [-0.2, 0) is 20.5 Å². The molecule has 0 bridgehead atoms. The van der Waals surface area contributed by atoms with Crippen LogP contribution < -0.4 is 0 Å². The lowest BCUT2D eigenvalue weighted by Crippen LogP contribution is -2.45. The second-order valence-electron chi connectivity index (χ2n) is 6.42. The Hall–Kier alpha value is -0.230. The van der Waals surface area contributed by atoms with Crippen LogP contribution in [0.3, 0.4) is 0 Å². The molecule has 4 nitrogen and oxygen atoms in total. The largest absolute Gasteiger partial charge is 0.353 e. The van der Waals surface area contributed by atoms with Gasteiger partial charge in [-0.25, -0.2) is 8.51 Å². The Balaban J connectivity index is 1.90. The van der Waals surface area contributed by atoms with Crippen molar-refractivity contribution in [2.45, 2.75) is 63.5 Å². The molecule has 0 aromatic carbocycles. The highest BCUT2D eigenvalue weighted by Crippen LogP contribution is 2.25. The summed E-state index contributed by atoms with van der Waals surface area (Å²) in [6.07, 6.45) is 8.06. The Bertz CT molecular complexity index is 359. The number of hydrogen-bond donors (Lipinski definition) is 0. The first kappa shape index (κ1) is 16.1. The van der Waals surface area contributed by atoms with Gasteiger partial charge in [0.25, 0.3) is 0 Å². The van der Waals surface area contributed by atoms with Crippen molar-refractivity contribution in [2.75, 3.05) is 19.8 Å². The number of rotatable bonds is 4. The molecule has 2 atom stereocenters. The zero-order valence-electron chi connectivity index (χ0n) is 12.8. The molecule has 1 unspecified atom stereocenters. The molecule has 0 amide bonds. The van der Waals surface area contributed by atoms with Gasteiger partial charge < -0.3 is 9.47 Å². The molecule has 2 aliphatic rings. The van der Waals surface area contributed by atoms with Crippen molar-refractivity contribution >= 4 is 11.0 Å². The molecule has 0 N–H and O–H groups in total. The minimum atomic E-state index is -0.960. The highest BCUT2D eigenvalue weighted by atomic mass is 32.2. The Morgan fingerprint density at radius 2 is 1.90 bits per heavy atom. The molecule has 0 aromatic rings. The molecule has 2 aliphatic heterocycles. The minimum Gasteiger partial charge on any atom is -0.353 e. The van der Waals surface area contributed by atoms with Gasteiger partial charge in [-0.1, -0.05) is 12.2 Å². The van der Waals surface area contributed by atoms with Gasteiger partial charge in [0, 0.05) is 12.6 Å². The summed E-state index contributed by atoms with van der Waals surface area (Å²) in [6.45, 7) is 8.48. The zero-order valence-corrected chi connectivity index (χ0v) is 13.7. The lowest BCUT2D eigenvalue weighted by atomic mass is 10.0. The molecule has 2 rings (SSSR count). The van der Waals surface area contributed by atoms with Crippen molar-refractivity contribution in [3.8, 4) is 0 Å². The van der Waals surface area contributed by atoms with Crippen molar-refractivity contribution in [1.82, 2.24) is 4.31 Å². The SMILES string of the molecule is CC(C)(C)S(=O)N1CC=CC[C@H]1CCC1OCCCO1. The molecule has 0 radical (unpaired) electrons. The van der Waals surface area contributed by atoms with Crippen LogP contribution in [0.5, 0.6) is 0 Å². The second kappa shape index (κ2) is 7.16. The van der Waals surface area contributed by atoms with Crippen LogP contribution in [0.15, 0.2) is 12.2 Å². The van der Waals surface area contributed by atoms with Gasteiger partial charge in [-0.2, -0.15) is 0 Å². The average Bonchev–Trinajstić information content (AvgIpc) is 2.45. The number of ether oxygens (including phenoxy) is 2. The quantitative estimate of drug-likeness (QED) is 0.749. The number of hydrogen-bond acceptors (Lipinski definition) is 3. The van der Waals surface area contributed by atoms with Gasteiger partial charge in [0.1, 0.15) is 11.0 Å². The minimum absolute atomic E-state index is 0.0698. The van der Waals surface area contributed by atoms with Crippen molar-refractivity contribution in [3.63, 3.8) is 0 Å². The summed E-state index contributed by atoms with van der Waals surface area (Å²) < 4.78 is 25.7. The van der Waals surface area contributed by atoms with E-state index in [0.717, 1.165) is 45.4 Å². The van der Waals surface area contributed by atoms with E-state index in [1.54, 1.807) is 0 Å². The van der Waals surface area contributed by atoms with Gasteiger partial charge in [-0.3, -0.25) is 0 Å². The number of nitrogens with zero attached hydrogens (tertiary/aromatic N) is 1. The Kier molecular flexibility index (Phi) is 5.78. The molecule has 2 heterocycles. The van der Waals surface area contributed by atoms with Gasteiger partial charge in [0.05, 0.1) is 18.0 Å². The van der Waals surface area contributed by atoms with Crippen LogP contribution in [-0.4, -0.2) is 45.4 Å². The van der Waals surface area contributed by atoms with E-state index < -0.39 is 11.0 Å². The molecule has 1 saturated heterocycles. The predicted molar refractivity (Wildman–Crippen MR) is 81.7 cm³/mol. The first-order chi connectivity index (χ1) is 9.48. The molecular formula is C15H27NO3S. The van der Waals surface area contributed by atoms with Crippen LogP contribution in [0.1, 0.15) is 46.5 Å². The van der Waals surface area contributed by atoms with Crippen molar-refractivity contribution in [1.29, 1.82) is 0 Å². The summed E-state index contributed by atoms with van der Waals surface area (Å²) in [6, 6.07) is 0.328. The fraction of sp³-hybridized carbons (Fsp3) is 0.867. The Morgan fingerprint density at radius 3 is 2.55 bits per heavy atom. The fourth-order valence-corrected chi connectivity index (χ4v) is 3.93. The van der Waals surface area contributed by atoms with E-state index in [2.05, 4.69) is 16.5 Å². The lowest BCUT2D eigenvalue weighted by Gasteiger charge is -2.36. The summed E-state index contributed by atoms with van der Waals surface area (Å²) in [4.78, 5) is 0. The van der Waals surface area contributed by atoms with Crippen molar-refractivity contribution in [2.24, 2.45) is 0 Å². The molecule has 1 fully saturated rings. The monoisotopic (exact) mass is 301 g/mol. The van der Waals surface area contributed by atoms with E-state index in [0.29, 0.717) is 6.04 Å². The lowest BCUT2D eigenvalue weighted by molar-refractivity contribution is -0.182. The van der Waals surface area contributed by atoms with Gasteiger partial charge >= 0.3 is 0 Å². The van der Waals surface area contributed by atoms with Crippen LogP contribution in [0, 0.1) is 0 Å². The average molecular weight is 301 g/mol. The molecule has 0 aromatic heterocycles. The van der Waals surface area contributed by atoms with Gasteiger partial charge in [0.15, 0.2) is 6.29 Å². The molecule has 0 aliphatic carbocycles. The van der Waals surface area contributed by atoms with Crippen molar-refractivity contribution in [3.05, 3.63) is 12.2 Å². The molecule has 116 valence electrons. The molecule has 0 spiro atoms. The van der Waals surface area contributed by atoms with Crippen LogP contribution in [0.25, 0.3) is 0 Å². The van der Waals surface area contributed by atoms with E-state index in [1.165, 1.54) is 0 Å². The van der Waals surface area contributed by atoms with E-state index in [4.69, 9.17) is 9.47 Å². The Labute approximate surface area is 125 Å². The summed E-state index contributed by atoms with van der Waals surface area (Å²) >= 11 is 0. The molecule has 0 saturated carbocycles. The van der Waals surface area contributed by atoms with Gasteiger partial charge in [-0.15, -0.1) is 0 Å². The third-order valence-corrected chi connectivity index (χ3v) is 5.56. The van der Waals surface area contributed by atoms with Crippen LogP contribution in [0.2, 0.25) is 0 Å². The predicted octanol–water partition coefficient (Wildman–Crippen LogP) is 2.62. The van der Waals surface area contributed by atoms with Gasteiger partial charge in [0.2, 0.25) is 0 Å². The molecular weight excluding hydrogens is 274 g/mol. The third kappa shape index (κ3) is 4.38. The maximum atomic E-state index is 12.6. The second-order valence-corrected chi connectivity index (χ2v) is 8.62. The van der Waals surface area contributed by atoms with E-state index in [-0.39, 0.29) is 11.0 Å². The van der Waals surface area contributed by atoms with Crippen LogP contribution in [0.4, 0.5) is 0 Å². The maximum absolute atomic E-state index is 12.6. The van der Waals surface area contributed by atoms with E-state index >= 15 is 0 Å². The normalized spacial score (nSPS) is 27.6. The standard InChI is InChI=1S/C15H27NO3S/c1-15(2,3)20(17)16-10-5-4-7-13(16)8-9-14-18-11-6-12-19-14/h4-5,13-14H,6-12H2,1-3H3/t13-,20?/m0/s1. The Morgan fingerprint density at radius 1 is 1.20 bits per heavy atom. The van der Waals surface area contributed by atoms with E-state index in [1.807, 2.05) is 20.8 Å². The van der Waals surface area contributed by atoms with Crippen molar-refractivity contribution < 1.29 is 13.7 Å². The summed E-state index contributed by atoms with van der Waals surface area (Å²) in [5.74, 6) is 0. The fourth-order valence-electron chi connectivity index (χ4n) is 2.55. The van der Waals surface area contributed by atoms with Gasteiger partial charge in [-0.05, 0) is 46.5 Å². The molecule has 5 heteroatoms. The maximum Gasteiger partial charge on any atom is 0.157 e. The first-order valence-corrected chi connectivity index (χ1v) is 8.66. The summed E-state index contributed by atoms with van der Waals surface area (Å²) in [5.41, 5.74) is 0. The third-order valence-electron chi connectivity index (χ3n) is 3.64. The topological polar surface area (TPSA) is 38.8 Å². The first-order valence-electron chi connectivity index (χ1n) is 7.55. The highest BCUT2D eigenvalue weighted by molar-refractivity contribution is 7.84.